The Morgan fingerprint density at radius 1 is 1.08 bits per heavy atom. The Bertz CT molecular complexity index is 998. The monoisotopic (exact) mass is 359 g/mol. The molecule has 2 aromatic carbocycles. The molecule has 3 nitrogen and oxygen atoms in total. The lowest BCUT2D eigenvalue weighted by atomic mass is 9.98. The van der Waals surface area contributed by atoms with Crippen LogP contribution < -0.4 is 4.74 Å². The van der Waals surface area contributed by atoms with E-state index in [0.717, 1.165) is 4.57 Å². The SMILES string of the molecule is C=C(c1c(-c2ccc(OC)cc2)c2ccccc2n1C(C)=O)C(F)(F)F. The number of hydrogen-bond acceptors (Lipinski definition) is 2. The van der Waals surface area contributed by atoms with Gasteiger partial charge in [-0.1, -0.05) is 36.9 Å². The Balaban J connectivity index is 2.43. The van der Waals surface area contributed by atoms with Gasteiger partial charge in [0.2, 0.25) is 5.91 Å². The van der Waals surface area contributed by atoms with Gasteiger partial charge in [0.25, 0.3) is 0 Å². The fourth-order valence-corrected chi connectivity index (χ4v) is 3.04. The molecule has 0 saturated carbocycles. The average molecular weight is 359 g/mol. The van der Waals surface area contributed by atoms with Crippen LogP contribution in [0.3, 0.4) is 0 Å². The molecule has 0 spiro atoms. The van der Waals surface area contributed by atoms with E-state index in [1.54, 1.807) is 48.5 Å². The summed E-state index contributed by atoms with van der Waals surface area (Å²) in [6.07, 6.45) is -4.66. The molecule has 0 radical (unpaired) electrons. The molecule has 0 fully saturated rings. The molecule has 3 rings (SSSR count). The van der Waals surface area contributed by atoms with E-state index < -0.39 is 17.7 Å². The second-order valence-electron chi connectivity index (χ2n) is 5.80. The van der Waals surface area contributed by atoms with Crippen LogP contribution in [0.5, 0.6) is 5.75 Å². The van der Waals surface area contributed by atoms with Gasteiger partial charge in [-0.3, -0.25) is 9.36 Å². The minimum absolute atomic E-state index is 0.239. The van der Waals surface area contributed by atoms with Crippen molar-refractivity contribution >= 4 is 22.4 Å². The highest BCUT2D eigenvalue weighted by molar-refractivity contribution is 6.07. The molecule has 0 aliphatic carbocycles. The van der Waals surface area contributed by atoms with Gasteiger partial charge in [-0.15, -0.1) is 0 Å². The molecular weight excluding hydrogens is 343 g/mol. The molecule has 0 aliphatic rings. The predicted octanol–water partition coefficient (Wildman–Crippen LogP) is 5.55. The molecule has 0 aliphatic heterocycles. The van der Waals surface area contributed by atoms with Crippen molar-refractivity contribution in [1.82, 2.24) is 4.57 Å². The zero-order chi connectivity index (χ0) is 19.1. The second kappa shape index (κ2) is 6.37. The minimum atomic E-state index is -4.66. The molecule has 26 heavy (non-hydrogen) atoms. The van der Waals surface area contributed by atoms with E-state index in [1.165, 1.54) is 14.0 Å². The smallest absolute Gasteiger partial charge is 0.417 e. The van der Waals surface area contributed by atoms with Crippen LogP contribution in [-0.4, -0.2) is 23.8 Å². The fraction of sp³-hybridized carbons (Fsp3) is 0.150. The van der Waals surface area contributed by atoms with Crippen LogP contribution in [0.4, 0.5) is 13.2 Å². The summed E-state index contributed by atoms with van der Waals surface area (Å²) >= 11 is 0. The Hall–Kier alpha value is -3.02. The van der Waals surface area contributed by atoms with Crippen molar-refractivity contribution in [3.05, 3.63) is 60.8 Å². The minimum Gasteiger partial charge on any atom is -0.497 e. The molecule has 1 heterocycles. The maximum absolute atomic E-state index is 13.5. The van der Waals surface area contributed by atoms with Crippen molar-refractivity contribution in [2.45, 2.75) is 13.1 Å². The Morgan fingerprint density at radius 3 is 2.23 bits per heavy atom. The van der Waals surface area contributed by atoms with Crippen molar-refractivity contribution in [1.29, 1.82) is 0 Å². The van der Waals surface area contributed by atoms with E-state index in [2.05, 4.69) is 6.58 Å². The van der Waals surface area contributed by atoms with Crippen molar-refractivity contribution in [3.63, 3.8) is 0 Å². The highest BCUT2D eigenvalue weighted by atomic mass is 19.4. The third-order valence-electron chi connectivity index (χ3n) is 4.20. The van der Waals surface area contributed by atoms with Crippen molar-refractivity contribution in [2.24, 2.45) is 0 Å². The number of allylic oxidation sites excluding steroid dienone is 1. The Labute approximate surface area is 148 Å². The topological polar surface area (TPSA) is 31.2 Å². The average Bonchev–Trinajstić information content (AvgIpc) is 2.95. The van der Waals surface area contributed by atoms with Crippen LogP contribution in [0.1, 0.15) is 17.4 Å². The highest BCUT2D eigenvalue weighted by Crippen LogP contribution is 2.43. The first-order valence-electron chi connectivity index (χ1n) is 7.81. The van der Waals surface area contributed by atoms with E-state index in [4.69, 9.17) is 4.74 Å². The van der Waals surface area contributed by atoms with Crippen LogP contribution in [0, 0.1) is 0 Å². The first-order valence-corrected chi connectivity index (χ1v) is 7.81. The largest absolute Gasteiger partial charge is 0.497 e. The molecule has 0 amide bonds. The molecule has 6 heteroatoms. The van der Waals surface area contributed by atoms with Crippen LogP contribution in [0.2, 0.25) is 0 Å². The summed E-state index contributed by atoms with van der Waals surface area (Å²) in [5, 5.41) is 0.549. The number of rotatable bonds is 3. The lowest BCUT2D eigenvalue weighted by molar-refractivity contribution is -0.0689. The zero-order valence-corrected chi connectivity index (χ0v) is 14.2. The van der Waals surface area contributed by atoms with Crippen LogP contribution in [0.15, 0.2) is 55.1 Å². The fourth-order valence-electron chi connectivity index (χ4n) is 3.04. The van der Waals surface area contributed by atoms with Crippen molar-refractivity contribution in [3.8, 4) is 16.9 Å². The number of nitrogens with zero attached hydrogens (tertiary/aromatic N) is 1. The first-order chi connectivity index (χ1) is 12.3. The predicted molar refractivity (Wildman–Crippen MR) is 95.3 cm³/mol. The van der Waals surface area contributed by atoms with Gasteiger partial charge < -0.3 is 4.74 Å². The number of hydrogen-bond donors (Lipinski definition) is 0. The number of carbonyl (C=O) groups is 1. The van der Waals surface area contributed by atoms with Gasteiger partial charge in [-0.25, -0.2) is 0 Å². The number of ether oxygens (including phenoxy) is 1. The summed E-state index contributed by atoms with van der Waals surface area (Å²) in [5.41, 5.74) is -0.0273. The number of para-hydroxylation sites is 1. The standard InChI is InChI=1S/C20H16F3NO2/c1-12(20(21,22)23)19-18(14-8-10-15(26-3)11-9-14)16-6-4-5-7-17(16)24(19)13(2)25/h4-11H,1H2,2-3H3. The van der Waals surface area contributed by atoms with Crippen LogP contribution >= 0.6 is 0 Å². The number of aromatic nitrogens is 1. The summed E-state index contributed by atoms with van der Waals surface area (Å²) in [7, 11) is 1.51. The molecule has 3 aromatic rings. The maximum atomic E-state index is 13.5. The van der Waals surface area contributed by atoms with E-state index in [9.17, 15) is 18.0 Å². The van der Waals surface area contributed by atoms with E-state index >= 15 is 0 Å². The van der Waals surface area contributed by atoms with Crippen LogP contribution in [-0.2, 0) is 0 Å². The summed E-state index contributed by atoms with van der Waals surface area (Å²) < 4.78 is 46.6. The number of halogens is 3. The number of alkyl halides is 3. The van der Waals surface area contributed by atoms with E-state index in [1.807, 2.05) is 0 Å². The van der Waals surface area contributed by atoms with Gasteiger partial charge in [0.1, 0.15) is 5.75 Å². The molecule has 1 aromatic heterocycles. The Kier molecular flexibility index (Phi) is 4.36. The normalized spacial score (nSPS) is 11.6. The summed E-state index contributed by atoms with van der Waals surface area (Å²) in [6, 6.07) is 13.4. The molecular formula is C20H16F3NO2. The third-order valence-corrected chi connectivity index (χ3v) is 4.20. The number of methoxy groups -OCH3 is 1. The quantitative estimate of drug-likeness (QED) is 0.614. The van der Waals surface area contributed by atoms with Gasteiger partial charge in [-0.2, -0.15) is 13.2 Å². The number of carbonyl (C=O) groups excluding carboxylic acids is 1. The second-order valence-corrected chi connectivity index (χ2v) is 5.80. The van der Waals surface area contributed by atoms with Crippen LogP contribution in [0.25, 0.3) is 27.6 Å². The van der Waals surface area contributed by atoms with Gasteiger partial charge in [0, 0.05) is 17.9 Å². The lowest BCUT2D eigenvalue weighted by Crippen LogP contribution is -2.17. The van der Waals surface area contributed by atoms with Gasteiger partial charge in [-0.05, 0) is 23.8 Å². The summed E-state index contributed by atoms with van der Waals surface area (Å²) in [5.74, 6) is 0.0709. The van der Waals surface area contributed by atoms with Crippen molar-refractivity contribution in [2.75, 3.05) is 7.11 Å². The summed E-state index contributed by atoms with van der Waals surface area (Å²) in [6.45, 7) is 4.47. The summed E-state index contributed by atoms with van der Waals surface area (Å²) in [4.78, 5) is 12.2. The van der Waals surface area contributed by atoms with Gasteiger partial charge in [0.05, 0.1) is 23.9 Å². The van der Waals surface area contributed by atoms with E-state index in [-0.39, 0.29) is 5.69 Å². The zero-order valence-electron chi connectivity index (χ0n) is 14.2. The van der Waals surface area contributed by atoms with Gasteiger partial charge in [0.15, 0.2) is 0 Å². The molecule has 0 atom stereocenters. The third kappa shape index (κ3) is 2.87. The first kappa shape index (κ1) is 17.8. The molecule has 0 saturated heterocycles. The van der Waals surface area contributed by atoms with Crippen molar-refractivity contribution < 1.29 is 22.7 Å². The molecule has 0 bridgehead atoms. The molecule has 134 valence electrons. The molecule has 0 N–H and O–H groups in total. The lowest BCUT2D eigenvalue weighted by Gasteiger charge is -2.15. The maximum Gasteiger partial charge on any atom is 0.417 e. The highest BCUT2D eigenvalue weighted by Gasteiger charge is 2.38. The number of benzene rings is 2. The van der Waals surface area contributed by atoms with Gasteiger partial charge >= 0.3 is 6.18 Å². The van der Waals surface area contributed by atoms with E-state index in [0.29, 0.717) is 27.8 Å². The number of fused-ring (bicyclic) bond motifs is 1. The Morgan fingerprint density at radius 2 is 1.69 bits per heavy atom. The molecule has 0 unspecified atom stereocenters.